The molecule has 1 amide bonds. The summed E-state index contributed by atoms with van der Waals surface area (Å²) in [5.74, 6) is 0.459. The standard InChI is InChI=1S/C34H39F2N3O6/c35-26-8-11-30(36)31(20-26)43-18-3-17-42-27-9-6-24(7-10-27)29-12-13-37-21-32(29)45-23-25-4-1-2-5-28(25)33-22-39(16-19-44-33)15-14-38-34(40)41/h1,4,6-11,16,19-20,22,29,32,37-38H,2-3,5,12-15,17-18,21,23H2,(H,40,41). The lowest BCUT2D eigenvalue weighted by molar-refractivity contribution is 0.0360. The van der Waals surface area contributed by atoms with Gasteiger partial charge in [0.25, 0.3) is 0 Å². The Morgan fingerprint density at radius 1 is 1.13 bits per heavy atom. The molecule has 5 rings (SSSR count). The van der Waals surface area contributed by atoms with Gasteiger partial charge in [0.1, 0.15) is 23.6 Å². The van der Waals surface area contributed by atoms with Crippen molar-refractivity contribution in [1.82, 2.24) is 15.5 Å². The van der Waals surface area contributed by atoms with Gasteiger partial charge >= 0.3 is 6.09 Å². The van der Waals surface area contributed by atoms with Gasteiger partial charge in [-0.3, -0.25) is 0 Å². The highest BCUT2D eigenvalue weighted by atomic mass is 19.1. The van der Waals surface area contributed by atoms with Crippen molar-refractivity contribution in [3.05, 3.63) is 107 Å². The molecule has 2 atom stereocenters. The van der Waals surface area contributed by atoms with E-state index in [9.17, 15) is 13.6 Å². The topological polar surface area (TPSA) is 102 Å². The van der Waals surface area contributed by atoms with Crippen LogP contribution < -0.4 is 20.1 Å². The molecular formula is C34H39F2N3O6. The second kappa shape index (κ2) is 16.1. The number of piperidine rings is 1. The van der Waals surface area contributed by atoms with E-state index in [1.165, 1.54) is 5.56 Å². The fourth-order valence-electron chi connectivity index (χ4n) is 5.53. The Balaban J connectivity index is 1.13. The van der Waals surface area contributed by atoms with Crippen molar-refractivity contribution in [3.63, 3.8) is 0 Å². The number of hydrogen-bond donors (Lipinski definition) is 3. The molecule has 9 nitrogen and oxygen atoms in total. The van der Waals surface area contributed by atoms with Gasteiger partial charge in [-0.25, -0.2) is 13.6 Å². The lowest BCUT2D eigenvalue weighted by Crippen LogP contribution is -2.41. The molecule has 0 saturated carbocycles. The number of nitrogens with one attached hydrogen (secondary N) is 2. The van der Waals surface area contributed by atoms with Gasteiger partial charge in [0, 0.05) is 56.0 Å². The van der Waals surface area contributed by atoms with E-state index in [4.69, 9.17) is 24.1 Å². The average Bonchev–Trinajstić information content (AvgIpc) is 3.06. The molecule has 2 aliphatic heterocycles. The number of rotatable bonds is 14. The maximum atomic E-state index is 13.7. The number of carboxylic acid groups (broad SMARTS) is 1. The molecule has 0 spiro atoms. The number of benzene rings is 2. The quantitative estimate of drug-likeness (QED) is 0.226. The van der Waals surface area contributed by atoms with Crippen LogP contribution in [0.15, 0.2) is 90.2 Å². The second-order valence-electron chi connectivity index (χ2n) is 11.0. The number of ether oxygens (including phenoxy) is 4. The Morgan fingerprint density at radius 2 is 1.98 bits per heavy atom. The van der Waals surface area contributed by atoms with Crippen LogP contribution in [0.4, 0.5) is 13.6 Å². The van der Waals surface area contributed by atoms with Crippen molar-refractivity contribution in [2.45, 2.75) is 37.7 Å². The molecule has 2 aromatic carbocycles. The number of carbonyl (C=O) groups is 1. The molecular weight excluding hydrogens is 584 g/mol. The molecule has 3 N–H and O–H groups in total. The molecule has 240 valence electrons. The molecule has 1 aliphatic carbocycles. The number of allylic oxidation sites excluding steroid dienone is 2. The van der Waals surface area contributed by atoms with E-state index in [0.29, 0.717) is 32.7 Å². The summed E-state index contributed by atoms with van der Waals surface area (Å²) in [6.07, 6.45) is 11.7. The Morgan fingerprint density at radius 3 is 2.82 bits per heavy atom. The number of hydrogen-bond acceptors (Lipinski definition) is 7. The summed E-state index contributed by atoms with van der Waals surface area (Å²) >= 11 is 0. The fraction of sp³-hybridized carbons (Fsp3) is 0.382. The summed E-state index contributed by atoms with van der Waals surface area (Å²) in [6.45, 7) is 3.49. The largest absolute Gasteiger partial charge is 0.493 e. The van der Waals surface area contributed by atoms with Crippen LogP contribution in [-0.2, 0) is 9.47 Å². The van der Waals surface area contributed by atoms with E-state index in [0.717, 1.165) is 73.2 Å². The van der Waals surface area contributed by atoms with Crippen LogP contribution >= 0.6 is 0 Å². The number of nitrogens with zero attached hydrogens (tertiary/aromatic N) is 1. The predicted molar refractivity (Wildman–Crippen MR) is 165 cm³/mol. The van der Waals surface area contributed by atoms with Gasteiger partial charge in [0.2, 0.25) is 0 Å². The van der Waals surface area contributed by atoms with Crippen LogP contribution in [0.2, 0.25) is 0 Å². The maximum absolute atomic E-state index is 13.7. The van der Waals surface area contributed by atoms with Crippen LogP contribution in [0.5, 0.6) is 11.5 Å². The van der Waals surface area contributed by atoms with Crippen molar-refractivity contribution in [2.24, 2.45) is 0 Å². The zero-order chi connectivity index (χ0) is 31.4. The van der Waals surface area contributed by atoms with Crippen molar-refractivity contribution in [1.29, 1.82) is 0 Å². The highest BCUT2D eigenvalue weighted by Crippen LogP contribution is 2.32. The molecule has 1 saturated heterocycles. The predicted octanol–water partition coefficient (Wildman–Crippen LogP) is 5.83. The van der Waals surface area contributed by atoms with E-state index >= 15 is 0 Å². The third-order valence-corrected chi connectivity index (χ3v) is 7.84. The molecule has 1 fully saturated rings. The van der Waals surface area contributed by atoms with Crippen molar-refractivity contribution < 1.29 is 37.6 Å². The Bertz CT molecular complexity index is 1430. The molecule has 45 heavy (non-hydrogen) atoms. The summed E-state index contributed by atoms with van der Waals surface area (Å²) in [5, 5.41) is 14.7. The summed E-state index contributed by atoms with van der Waals surface area (Å²) in [5.41, 5.74) is 3.34. The molecule has 2 heterocycles. The van der Waals surface area contributed by atoms with Gasteiger partial charge in [0.15, 0.2) is 11.6 Å². The molecule has 0 aromatic heterocycles. The first-order chi connectivity index (χ1) is 22.0. The summed E-state index contributed by atoms with van der Waals surface area (Å²) in [4.78, 5) is 12.7. The third kappa shape index (κ3) is 9.32. The van der Waals surface area contributed by atoms with Gasteiger partial charge in [-0.15, -0.1) is 0 Å². The highest BCUT2D eigenvalue weighted by Gasteiger charge is 2.28. The molecule has 11 heteroatoms. The Hall–Kier alpha value is -4.35. The van der Waals surface area contributed by atoms with E-state index < -0.39 is 17.7 Å². The summed E-state index contributed by atoms with van der Waals surface area (Å²) in [7, 11) is 0. The molecule has 2 unspecified atom stereocenters. The first kappa shape index (κ1) is 32.1. The lowest BCUT2D eigenvalue weighted by atomic mass is 9.87. The molecule has 3 aliphatic rings. The first-order valence-corrected chi connectivity index (χ1v) is 15.3. The molecule has 0 radical (unpaired) electrons. The first-order valence-electron chi connectivity index (χ1n) is 15.3. The van der Waals surface area contributed by atoms with Crippen LogP contribution in [0.3, 0.4) is 0 Å². The fourth-order valence-corrected chi connectivity index (χ4v) is 5.53. The smallest absolute Gasteiger partial charge is 0.404 e. The highest BCUT2D eigenvalue weighted by molar-refractivity contribution is 5.64. The minimum Gasteiger partial charge on any atom is -0.493 e. The van der Waals surface area contributed by atoms with Gasteiger partial charge < -0.3 is 39.6 Å². The van der Waals surface area contributed by atoms with Gasteiger partial charge in [-0.1, -0.05) is 24.3 Å². The SMILES string of the molecule is O=C(O)NCCN1C=COC(C2=C(COC3CNCCC3c3ccc(OCCCOc4cc(F)ccc4F)cc3)C=CCC2)=C1. The zero-order valence-corrected chi connectivity index (χ0v) is 25.1. The van der Waals surface area contributed by atoms with Crippen molar-refractivity contribution in [3.8, 4) is 11.5 Å². The summed E-state index contributed by atoms with van der Waals surface area (Å²) in [6, 6.07) is 11.2. The van der Waals surface area contributed by atoms with E-state index in [2.05, 4.69) is 34.9 Å². The minimum absolute atomic E-state index is 0.0188. The third-order valence-electron chi connectivity index (χ3n) is 7.84. The monoisotopic (exact) mass is 623 g/mol. The Labute approximate surface area is 261 Å². The maximum Gasteiger partial charge on any atom is 0.404 e. The molecule has 0 bridgehead atoms. The van der Waals surface area contributed by atoms with E-state index in [-0.39, 0.29) is 24.4 Å². The summed E-state index contributed by atoms with van der Waals surface area (Å²) < 4.78 is 50.6. The molecule has 2 aromatic rings. The van der Waals surface area contributed by atoms with Gasteiger partial charge in [0.05, 0.1) is 25.9 Å². The Kier molecular flexibility index (Phi) is 11.5. The minimum atomic E-state index is -1.04. The van der Waals surface area contributed by atoms with Crippen LogP contribution in [0.1, 0.15) is 37.2 Å². The van der Waals surface area contributed by atoms with Crippen LogP contribution in [0, 0.1) is 11.6 Å². The van der Waals surface area contributed by atoms with E-state index in [1.54, 1.807) is 12.5 Å². The number of amides is 1. The normalized spacial score (nSPS) is 19.6. The van der Waals surface area contributed by atoms with Crippen LogP contribution in [0.25, 0.3) is 0 Å². The lowest BCUT2D eigenvalue weighted by Gasteiger charge is -2.33. The zero-order valence-electron chi connectivity index (χ0n) is 25.1. The number of halogens is 2. The average molecular weight is 624 g/mol. The second-order valence-corrected chi connectivity index (χ2v) is 11.0. The van der Waals surface area contributed by atoms with Gasteiger partial charge in [-0.2, -0.15) is 0 Å². The van der Waals surface area contributed by atoms with Gasteiger partial charge in [-0.05, 0) is 61.2 Å². The van der Waals surface area contributed by atoms with E-state index in [1.807, 2.05) is 23.2 Å². The van der Waals surface area contributed by atoms with Crippen molar-refractivity contribution >= 4 is 6.09 Å². The van der Waals surface area contributed by atoms with Crippen LogP contribution in [-0.4, -0.2) is 68.2 Å². The van der Waals surface area contributed by atoms with Crippen molar-refractivity contribution in [2.75, 3.05) is 46.0 Å².